The van der Waals surface area contributed by atoms with Gasteiger partial charge in [0, 0.05) is 37.7 Å². The van der Waals surface area contributed by atoms with Gasteiger partial charge in [0.1, 0.15) is 0 Å². The second kappa shape index (κ2) is 7.35. The maximum Gasteiger partial charge on any atom is 0.255 e. The summed E-state index contributed by atoms with van der Waals surface area (Å²) in [6, 6.07) is 15.4. The Morgan fingerprint density at radius 2 is 1.65 bits per heavy atom. The van der Waals surface area contributed by atoms with Crippen molar-refractivity contribution in [3.63, 3.8) is 0 Å². The van der Waals surface area contributed by atoms with Gasteiger partial charge in [-0.05, 0) is 23.8 Å². The molecule has 0 bridgehead atoms. The largest absolute Gasteiger partial charge is 0.336 e. The number of halogens is 2. The van der Waals surface area contributed by atoms with Gasteiger partial charge in [-0.1, -0.05) is 53.5 Å². The molecular weight excluding hydrogens is 331 g/mol. The lowest BCUT2D eigenvalue weighted by atomic mass is 10.1. The molecule has 1 fully saturated rings. The van der Waals surface area contributed by atoms with Gasteiger partial charge < -0.3 is 4.90 Å². The van der Waals surface area contributed by atoms with Crippen LogP contribution in [0.5, 0.6) is 0 Å². The quantitative estimate of drug-likeness (QED) is 0.838. The van der Waals surface area contributed by atoms with Gasteiger partial charge in [0.05, 0.1) is 10.6 Å². The Morgan fingerprint density at radius 1 is 0.957 bits per heavy atom. The van der Waals surface area contributed by atoms with Crippen molar-refractivity contribution in [3.8, 4) is 0 Å². The van der Waals surface area contributed by atoms with Gasteiger partial charge in [-0.25, -0.2) is 0 Å². The Labute approximate surface area is 146 Å². The second-order valence-electron chi connectivity index (χ2n) is 5.68. The van der Waals surface area contributed by atoms with Crippen molar-refractivity contribution in [2.75, 3.05) is 26.2 Å². The zero-order chi connectivity index (χ0) is 16.2. The van der Waals surface area contributed by atoms with E-state index in [-0.39, 0.29) is 5.91 Å². The lowest BCUT2D eigenvalue weighted by Crippen LogP contribution is -2.48. The minimum Gasteiger partial charge on any atom is -0.336 e. The predicted octanol–water partition coefficient (Wildman–Crippen LogP) is 3.95. The van der Waals surface area contributed by atoms with E-state index in [9.17, 15) is 4.79 Å². The molecule has 1 heterocycles. The molecule has 0 radical (unpaired) electrons. The van der Waals surface area contributed by atoms with Crippen LogP contribution in [0.4, 0.5) is 0 Å². The Bertz CT molecular complexity index is 683. The highest BCUT2D eigenvalue weighted by molar-refractivity contribution is 6.36. The summed E-state index contributed by atoms with van der Waals surface area (Å²) < 4.78 is 0. The van der Waals surface area contributed by atoms with Crippen molar-refractivity contribution in [1.29, 1.82) is 0 Å². The van der Waals surface area contributed by atoms with Crippen LogP contribution in [0.1, 0.15) is 15.9 Å². The highest BCUT2D eigenvalue weighted by Crippen LogP contribution is 2.23. The number of carbonyl (C=O) groups excluding carboxylic acids is 1. The highest BCUT2D eigenvalue weighted by atomic mass is 35.5. The molecule has 0 aromatic heterocycles. The van der Waals surface area contributed by atoms with Crippen LogP contribution in [0.15, 0.2) is 48.5 Å². The molecule has 120 valence electrons. The Morgan fingerprint density at radius 3 is 2.30 bits per heavy atom. The third-order valence-electron chi connectivity index (χ3n) is 4.07. The summed E-state index contributed by atoms with van der Waals surface area (Å²) in [5.41, 5.74) is 1.82. The van der Waals surface area contributed by atoms with Crippen molar-refractivity contribution in [3.05, 3.63) is 69.7 Å². The molecule has 1 aliphatic rings. The van der Waals surface area contributed by atoms with Gasteiger partial charge in [0.2, 0.25) is 0 Å². The van der Waals surface area contributed by atoms with Gasteiger partial charge in [-0.3, -0.25) is 9.69 Å². The number of amides is 1. The Kier molecular flexibility index (Phi) is 5.21. The SMILES string of the molecule is O=C(c1ccc(Cl)cc1Cl)N1CCN(Cc2ccccc2)CC1. The molecule has 0 saturated carbocycles. The standard InChI is InChI=1S/C18H18Cl2N2O/c19-15-6-7-16(17(20)12-15)18(23)22-10-8-21(9-11-22)13-14-4-2-1-3-5-14/h1-7,12H,8-11,13H2. The van der Waals surface area contributed by atoms with E-state index in [2.05, 4.69) is 29.2 Å². The normalized spacial score (nSPS) is 15.7. The lowest BCUT2D eigenvalue weighted by Gasteiger charge is -2.35. The zero-order valence-corrected chi connectivity index (χ0v) is 14.2. The van der Waals surface area contributed by atoms with E-state index in [1.54, 1.807) is 18.2 Å². The molecule has 1 saturated heterocycles. The van der Waals surface area contributed by atoms with Crippen LogP contribution in [0, 0.1) is 0 Å². The van der Waals surface area contributed by atoms with Crippen LogP contribution in [-0.4, -0.2) is 41.9 Å². The third kappa shape index (κ3) is 4.05. The summed E-state index contributed by atoms with van der Waals surface area (Å²) in [5.74, 6) is -0.0222. The summed E-state index contributed by atoms with van der Waals surface area (Å²) in [4.78, 5) is 16.8. The monoisotopic (exact) mass is 348 g/mol. The van der Waals surface area contributed by atoms with Crippen LogP contribution in [0.25, 0.3) is 0 Å². The molecule has 3 nitrogen and oxygen atoms in total. The minimum absolute atomic E-state index is 0.0222. The first-order valence-corrected chi connectivity index (χ1v) is 8.40. The number of carbonyl (C=O) groups is 1. The number of hydrogen-bond acceptors (Lipinski definition) is 2. The molecule has 23 heavy (non-hydrogen) atoms. The van der Waals surface area contributed by atoms with Crippen molar-refractivity contribution < 1.29 is 4.79 Å². The molecule has 0 N–H and O–H groups in total. The van der Waals surface area contributed by atoms with Crippen LogP contribution < -0.4 is 0 Å². The second-order valence-corrected chi connectivity index (χ2v) is 6.52. The van der Waals surface area contributed by atoms with Gasteiger partial charge >= 0.3 is 0 Å². The fourth-order valence-electron chi connectivity index (χ4n) is 2.78. The summed E-state index contributed by atoms with van der Waals surface area (Å²) in [6.45, 7) is 4.08. The summed E-state index contributed by atoms with van der Waals surface area (Å²) >= 11 is 12.0. The maximum atomic E-state index is 12.6. The van der Waals surface area contributed by atoms with Crippen LogP contribution in [-0.2, 0) is 6.54 Å². The van der Waals surface area contributed by atoms with E-state index in [0.29, 0.717) is 28.7 Å². The number of rotatable bonds is 3. The van der Waals surface area contributed by atoms with E-state index in [4.69, 9.17) is 23.2 Å². The summed E-state index contributed by atoms with van der Waals surface area (Å²) in [7, 11) is 0. The fraction of sp³-hybridized carbons (Fsp3) is 0.278. The fourth-order valence-corrected chi connectivity index (χ4v) is 3.27. The lowest BCUT2D eigenvalue weighted by molar-refractivity contribution is 0.0628. The molecule has 0 atom stereocenters. The number of benzene rings is 2. The summed E-state index contributed by atoms with van der Waals surface area (Å²) in [6.07, 6.45) is 0. The van der Waals surface area contributed by atoms with E-state index < -0.39 is 0 Å². The van der Waals surface area contributed by atoms with E-state index in [1.807, 2.05) is 11.0 Å². The van der Waals surface area contributed by atoms with Crippen LogP contribution >= 0.6 is 23.2 Å². The van der Waals surface area contributed by atoms with E-state index in [0.717, 1.165) is 19.6 Å². The number of nitrogens with zero attached hydrogens (tertiary/aromatic N) is 2. The van der Waals surface area contributed by atoms with Crippen molar-refractivity contribution in [1.82, 2.24) is 9.80 Å². The molecule has 1 amide bonds. The average molecular weight is 349 g/mol. The van der Waals surface area contributed by atoms with E-state index in [1.165, 1.54) is 5.56 Å². The highest BCUT2D eigenvalue weighted by Gasteiger charge is 2.23. The maximum absolute atomic E-state index is 12.6. The molecule has 0 unspecified atom stereocenters. The van der Waals surface area contributed by atoms with Gasteiger partial charge in [0.15, 0.2) is 0 Å². The Hall–Kier alpha value is -1.55. The average Bonchev–Trinajstić information content (AvgIpc) is 2.56. The Balaban J connectivity index is 1.59. The molecule has 5 heteroatoms. The molecule has 0 spiro atoms. The number of hydrogen-bond donors (Lipinski definition) is 0. The first kappa shape index (κ1) is 16.3. The predicted molar refractivity (Wildman–Crippen MR) is 94.1 cm³/mol. The van der Waals surface area contributed by atoms with Gasteiger partial charge in [-0.15, -0.1) is 0 Å². The third-order valence-corrected chi connectivity index (χ3v) is 4.62. The van der Waals surface area contributed by atoms with Crippen molar-refractivity contribution >= 4 is 29.1 Å². The molecule has 3 rings (SSSR count). The summed E-state index contributed by atoms with van der Waals surface area (Å²) in [5, 5.41) is 0.952. The zero-order valence-electron chi connectivity index (χ0n) is 12.7. The van der Waals surface area contributed by atoms with Crippen LogP contribution in [0.3, 0.4) is 0 Å². The molecule has 2 aromatic carbocycles. The van der Waals surface area contributed by atoms with Gasteiger partial charge in [0.25, 0.3) is 5.91 Å². The molecule has 0 aliphatic carbocycles. The molecular formula is C18H18Cl2N2O. The molecule has 1 aliphatic heterocycles. The molecule has 2 aromatic rings. The topological polar surface area (TPSA) is 23.6 Å². The first-order chi connectivity index (χ1) is 11.1. The van der Waals surface area contributed by atoms with E-state index >= 15 is 0 Å². The van der Waals surface area contributed by atoms with Crippen molar-refractivity contribution in [2.24, 2.45) is 0 Å². The van der Waals surface area contributed by atoms with Crippen LogP contribution in [0.2, 0.25) is 10.0 Å². The number of piperazine rings is 1. The smallest absolute Gasteiger partial charge is 0.255 e. The minimum atomic E-state index is -0.0222. The van der Waals surface area contributed by atoms with Crippen molar-refractivity contribution in [2.45, 2.75) is 6.54 Å². The van der Waals surface area contributed by atoms with Gasteiger partial charge in [-0.2, -0.15) is 0 Å². The first-order valence-electron chi connectivity index (χ1n) is 7.64.